The second kappa shape index (κ2) is 13.5. The summed E-state index contributed by atoms with van der Waals surface area (Å²) >= 11 is 0. The molecule has 8 heteroatoms. The van der Waals surface area contributed by atoms with Crippen LogP contribution in [0.25, 0.3) is 34.1 Å². The van der Waals surface area contributed by atoms with E-state index in [1.807, 2.05) is 107 Å². The molecule has 6 rings (SSSR count). The second-order valence-corrected chi connectivity index (χ2v) is 18.7. The SMILES string of the molecule is C=CC(C)(C)c1cc2c(OC)c3c(c(C(C)(C)C=C)c2oc1=O)OC(C)(C)C(C1=Cc2c(c(C(C)(C)C=C)c4oc(=O)c(C(C)(C)C=C)cc4c2OC)OC1(C)C)=C3. The van der Waals surface area contributed by atoms with Crippen LogP contribution in [0.1, 0.15) is 116 Å². The average Bonchev–Trinajstić information content (AvgIpc) is 3.14. The fourth-order valence-electron chi connectivity index (χ4n) is 8.09. The van der Waals surface area contributed by atoms with Gasteiger partial charge in [0, 0.05) is 55.1 Å². The Hall–Kier alpha value is -5.50. The first-order valence-corrected chi connectivity index (χ1v) is 19.6. The summed E-state index contributed by atoms with van der Waals surface area (Å²) in [5.74, 6) is 2.05. The lowest BCUT2D eigenvalue weighted by Crippen LogP contribution is -2.43. The van der Waals surface area contributed by atoms with Crippen LogP contribution in [-0.2, 0) is 21.7 Å². The number of hydrogen-bond donors (Lipinski definition) is 0. The Kier molecular flexibility index (Phi) is 9.83. The molecule has 0 saturated heterocycles. The molecule has 0 aliphatic carbocycles. The van der Waals surface area contributed by atoms with Crippen molar-refractivity contribution in [1.82, 2.24) is 0 Å². The van der Waals surface area contributed by atoms with Crippen molar-refractivity contribution in [3.8, 4) is 23.0 Å². The first-order valence-electron chi connectivity index (χ1n) is 19.6. The topological polar surface area (TPSA) is 97.3 Å². The second-order valence-electron chi connectivity index (χ2n) is 18.7. The van der Waals surface area contributed by atoms with Crippen molar-refractivity contribution in [3.63, 3.8) is 0 Å². The molecule has 0 bridgehead atoms. The Balaban J connectivity index is 1.78. The smallest absolute Gasteiger partial charge is 0.340 e. The van der Waals surface area contributed by atoms with Crippen LogP contribution in [0, 0.1) is 0 Å². The number of ether oxygens (including phenoxy) is 4. The maximum Gasteiger partial charge on any atom is 0.340 e. The number of allylic oxidation sites excluding steroid dienone is 4. The summed E-state index contributed by atoms with van der Waals surface area (Å²) in [5, 5.41) is 1.24. The molecule has 306 valence electrons. The van der Waals surface area contributed by atoms with Gasteiger partial charge in [0.25, 0.3) is 0 Å². The molecule has 2 aromatic carbocycles. The summed E-state index contributed by atoms with van der Waals surface area (Å²) in [4.78, 5) is 27.3. The summed E-state index contributed by atoms with van der Waals surface area (Å²) in [6, 6.07) is 3.69. The molecule has 0 unspecified atom stereocenters. The molecule has 58 heavy (non-hydrogen) atoms. The van der Waals surface area contributed by atoms with E-state index in [0.717, 1.165) is 11.1 Å². The molecular formula is C50H58O8. The Bertz CT molecular complexity index is 2460. The molecule has 0 saturated carbocycles. The molecule has 8 nitrogen and oxygen atoms in total. The third-order valence-corrected chi connectivity index (χ3v) is 12.3. The molecule has 0 amide bonds. The summed E-state index contributed by atoms with van der Waals surface area (Å²) in [6.07, 6.45) is 11.3. The van der Waals surface area contributed by atoms with Crippen LogP contribution >= 0.6 is 0 Å². The van der Waals surface area contributed by atoms with Gasteiger partial charge in [0.1, 0.15) is 45.4 Å². The summed E-state index contributed by atoms with van der Waals surface area (Å²) in [7, 11) is 3.21. The number of benzene rings is 2. The summed E-state index contributed by atoms with van der Waals surface area (Å²) < 4.78 is 39.2. The number of rotatable bonds is 11. The van der Waals surface area contributed by atoms with E-state index in [9.17, 15) is 9.59 Å². The fraction of sp³-hybridized carbons (Fsp3) is 0.400. The molecule has 0 N–H and O–H groups in total. The van der Waals surface area contributed by atoms with Gasteiger partial charge in [-0.1, -0.05) is 79.7 Å². The van der Waals surface area contributed by atoms with Crippen LogP contribution in [-0.4, -0.2) is 25.4 Å². The van der Waals surface area contributed by atoms with Crippen LogP contribution < -0.4 is 30.2 Å². The first-order chi connectivity index (χ1) is 26.8. The van der Waals surface area contributed by atoms with Crippen LogP contribution in [0.2, 0.25) is 0 Å². The van der Waals surface area contributed by atoms with Gasteiger partial charge in [0.05, 0.1) is 36.1 Å². The van der Waals surface area contributed by atoms with Crippen molar-refractivity contribution in [2.45, 2.75) is 116 Å². The van der Waals surface area contributed by atoms with Crippen LogP contribution in [0.3, 0.4) is 0 Å². The van der Waals surface area contributed by atoms with Crippen molar-refractivity contribution >= 4 is 34.1 Å². The zero-order chi connectivity index (χ0) is 43.3. The minimum absolute atomic E-state index is 0.371. The van der Waals surface area contributed by atoms with Gasteiger partial charge in [0.15, 0.2) is 0 Å². The lowest BCUT2D eigenvalue weighted by molar-refractivity contribution is 0.116. The largest absolute Gasteiger partial charge is 0.495 e. The van der Waals surface area contributed by atoms with E-state index in [0.29, 0.717) is 78.3 Å². The highest BCUT2D eigenvalue weighted by atomic mass is 16.5. The van der Waals surface area contributed by atoms with E-state index in [4.69, 9.17) is 27.8 Å². The lowest BCUT2D eigenvalue weighted by Gasteiger charge is -2.44. The Morgan fingerprint density at radius 1 is 0.552 bits per heavy atom. The van der Waals surface area contributed by atoms with Crippen LogP contribution in [0.15, 0.2) is 92.3 Å². The Morgan fingerprint density at radius 2 is 0.862 bits per heavy atom. The summed E-state index contributed by atoms with van der Waals surface area (Å²) in [6.45, 7) is 40.0. The van der Waals surface area contributed by atoms with Gasteiger partial charge in [-0.25, -0.2) is 9.59 Å². The molecule has 2 aliphatic rings. The molecule has 4 heterocycles. The highest BCUT2D eigenvalue weighted by molar-refractivity contribution is 5.99. The molecule has 0 spiro atoms. The Labute approximate surface area is 342 Å². The summed E-state index contributed by atoms with van der Waals surface area (Å²) in [5.41, 5.74) is 0.468. The highest BCUT2D eigenvalue weighted by Gasteiger charge is 2.46. The van der Waals surface area contributed by atoms with Gasteiger partial charge in [-0.3, -0.25) is 0 Å². The molecular weight excluding hydrogens is 729 g/mol. The monoisotopic (exact) mass is 786 g/mol. The molecule has 4 aromatic rings. The van der Waals surface area contributed by atoms with Gasteiger partial charge in [-0.05, 0) is 52.0 Å². The van der Waals surface area contributed by atoms with Gasteiger partial charge in [-0.2, -0.15) is 0 Å². The lowest BCUT2D eigenvalue weighted by atomic mass is 9.74. The van der Waals surface area contributed by atoms with Crippen molar-refractivity contribution < 1.29 is 27.8 Å². The number of fused-ring (bicyclic) bond motifs is 4. The van der Waals surface area contributed by atoms with E-state index in [-0.39, 0.29) is 0 Å². The minimum atomic E-state index is -0.950. The molecule has 0 atom stereocenters. The standard InChI is InChI=1S/C50H58O8/c1-19-45(5,6)33-25-27-37(53-17)29-23-31(49(13,14)57-41(29)35(47(9,10)21-3)39(27)55-43(33)51)32-24-30-38(54-18)28-26-34(46(7,8)20-2)44(52)56-40(28)36(48(11,12)22-4)42(30)58-50(32,15)16/h19-26H,1-4H2,5-18H3. The molecule has 0 radical (unpaired) electrons. The van der Waals surface area contributed by atoms with E-state index in [2.05, 4.69) is 38.5 Å². The van der Waals surface area contributed by atoms with Gasteiger partial charge in [-0.15, -0.1) is 26.3 Å². The fourth-order valence-corrected chi connectivity index (χ4v) is 8.09. The zero-order valence-electron chi connectivity index (χ0n) is 36.7. The van der Waals surface area contributed by atoms with E-state index in [1.54, 1.807) is 26.4 Å². The molecule has 0 fully saturated rings. The van der Waals surface area contributed by atoms with Gasteiger partial charge in [0.2, 0.25) is 0 Å². The number of methoxy groups -OCH3 is 2. The van der Waals surface area contributed by atoms with Crippen molar-refractivity contribution in [2.24, 2.45) is 0 Å². The zero-order valence-corrected chi connectivity index (χ0v) is 36.7. The third-order valence-electron chi connectivity index (χ3n) is 12.3. The van der Waals surface area contributed by atoms with Gasteiger partial charge < -0.3 is 27.8 Å². The number of hydrogen-bond acceptors (Lipinski definition) is 8. The maximum atomic E-state index is 13.7. The third kappa shape index (κ3) is 6.27. The van der Waals surface area contributed by atoms with Crippen molar-refractivity contribution in [1.29, 1.82) is 0 Å². The van der Waals surface area contributed by atoms with Gasteiger partial charge >= 0.3 is 11.3 Å². The van der Waals surface area contributed by atoms with Crippen molar-refractivity contribution in [2.75, 3.05) is 14.2 Å². The van der Waals surface area contributed by atoms with E-state index < -0.39 is 44.1 Å². The molecule has 2 aromatic heterocycles. The van der Waals surface area contributed by atoms with Crippen LogP contribution in [0.4, 0.5) is 0 Å². The predicted octanol–water partition coefficient (Wildman–Crippen LogP) is 11.6. The van der Waals surface area contributed by atoms with E-state index >= 15 is 0 Å². The quantitative estimate of drug-likeness (QED) is 0.109. The highest BCUT2D eigenvalue weighted by Crippen LogP contribution is 2.57. The predicted molar refractivity (Wildman–Crippen MR) is 236 cm³/mol. The molecule has 2 aliphatic heterocycles. The Morgan fingerprint density at radius 3 is 1.14 bits per heavy atom. The van der Waals surface area contributed by atoms with Crippen LogP contribution in [0.5, 0.6) is 23.0 Å². The van der Waals surface area contributed by atoms with Crippen molar-refractivity contribution in [3.05, 3.63) is 128 Å². The maximum absolute atomic E-state index is 13.7. The van der Waals surface area contributed by atoms with E-state index in [1.165, 1.54) is 0 Å². The minimum Gasteiger partial charge on any atom is -0.495 e. The average molecular weight is 787 g/mol. The first kappa shape index (κ1) is 42.1. The normalized spacial score (nSPS) is 16.2.